The van der Waals surface area contributed by atoms with Crippen LogP contribution in [-0.4, -0.2) is 46.3 Å². The molecule has 2 amide bonds. The lowest BCUT2D eigenvalue weighted by molar-refractivity contribution is -0.123. The number of cyclic esters (lactones) is 1. The van der Waals surface area contributed by atoms with Gasteiger partial charge in [-0.25, -0.2) is 17.9 Å². The molecule has 1 saturated heterocycles. The molecule has 2 aromatic carbocycles. The van der Waals surface area contributed by atoms with E-state index in [1.807, 2.05) is 0 Å². The fourth-order valence-electron chi connectivity index (χ4n) is 2.79. The third-order valence-electron chi connectivity index (χ3n) is 4.33. The van der Waals surface area contributed by atoms with Crippen LogP contribution in [-0.2, 0) is 21.3 Å². The zero-order valence-electron chi connectivity index (χ0n) is 16.0. The largest absolute Gasteiger partial charge is 0.447 e. The molecule has 0 radical (unpaired) electrons. The summed E-state index contributed by atoms with van der Waals surface area (Å²) in [5.74, 6) is -0.966. The van der Waals surface area contributed by atoms with Gasteiger partial charge in [0, 0.05) is 17.8 Å². The molecule has 31 heavy (non-hydrogen) atoms. The lowest BCUT2D eigenvalue weighted by Gasteiger charge is -2.14. The Bertz CT molecular complexity index is 1070. The van der Waals surface area contributed by atoms with Crippen LogP contribution >= 0.6 is 0 Å². The van der Waals surface area contributed by atoms with Gasteiger partial charge in [-0.2, -0.15) is 13.2 Å². The fraction of sp³-hybridized carbons (Fsp3) is 0.263. The van der Waals surface area contributed by atoms with Gasteiger partial charge in [0.25, 0.3) is 5.91 Å². The highest BCUT2D eigenvalue weighted by Gasteiger charge is 2.28. The van der Waals surface area contributed by atoms with E-state index in [9.17, 15) is 31.2 Å². The average Bonchev–Trinajstić information content (AvgIpc) is 3.16. The molecule has 0 unspecified atom stereocenters. The van der Waals surface area contributed by atoms with Gasteiger partial charge in [-0.05, 0) is 42.0 Å². The van der Waals surface area contributed by atoms with Crippen molar-refractivity contribution in [2.75, 3.05) is 24.6 Å². The number of rotatable bonds is 7. The van der Waals surface area contributed by atoms with Gasteiger partial charge in [-0.15, -0.1) is 0 Å². The van der Waals surface area contributed by atoms with Gasteiger partial charge < -0.3 is 10.1 Å². The third kappa shape index (κ3) is 5.95. The maximum atomic E-state index is 12.5. The second-order valence-electron chi connectivity index (χ2n) is 6.58. The van der Waals surface area contributed by atoms with Crippen LogP contribution in [0.5, 0.6) is 0 Å². The summed E-state index contributed by atoms with van der Waals surface area (Å²) in [5, 5.41) is 1.71. The molecule has 2 N–H and O–H groups in total. The van der Waals surface area contributed by atoms with E-state index < -0.39 is 34.7 Å². The number of hydrogen-bond acceptors (Lipinski definition) is 5. The van der Waals surface area contributed by atoms with E-state index in [2.05, 4.69) is 4.72 Å². The quantitative estimate of drug-likeness (QED) is 0.665. The van der Waals surface area contributed by atoms with Gasteiger partial charge in [0.05, 0.1) is 11.4 Å². The number of carbonyl (C=O) groups is 2. The summed E-state index contributed by atoms with van der Waals surface area (Å²) in [5.41, 5.74) is 1.07. The van der Waals surface area contributed by atoms with Crippen LogP contribution in [0.25, 0.3) is 0 Å². The Hall–Kier alpha value is -3.12. The smallest absolute Gasteiger partial charge is 0.414 e. The molecule has 2 aromatic rings. The third-order valence-corrected chi connectivity index (χ3v) is 5.74. The first kappa shape index (κ1) is 22.6. The van der Waals surface area contributed by atoms with Crippen molar-refractivity contribution >= 4 is 27.7 Å². The van der Waals surface area contributed by atoms with Crippen LogP contribution in [0.15, 0.2) is 53.4 Å². The zero-order valence-corrected chi connectivity index (χ0v) is 16.8. The molecule has 1 aliphatic heterocycles. The van der Waals surface area contributed by atoms with Gasteiger partial charge in [0.1, 0.15) is 13.2 Å². The molecule has 1 fully saturated rings. The summed E-state index contributed by atoms with van der Waals surface area (Å²) in [6.07, 6.45) is -5.02. The number of carbonyl (C=O) groups excluding carboxylic acids is 2. The van der Waals surface area contributed by atoms with E-state index in [4.69, 9.17) is 4.74 Å². The predicted octanol–water partition coefficient (Wildman–Crippen LogP) is 2.41. The van der Waals surface area contributed by atoms with Crippen molar-refractivity contribution in [3.05, 3.63) is 59.7 Å². The van der Waals surface area contributed by atoms with E-state index in [1.54, 1.807) is 29.6 Å². The Labute approximate surface area is 176 Å². The average molecular weight is 457 g/mol. The van der Waals surface area contributed by atoms with E-state index in [0.29, 0.717) is 17.8 Å². The Morgan fingerprint density at radius 1 is 1.13 bits per heavy atom. The lowest BCUT2D eigenvalue weighted by Crippen LogP contribution is -2.33. The van der Waals surface area contributed by atoms with E-state index in [1.165, 1.54) is 4.90 Å². The molecule has 0 spiro atoms. The molecule has 0 atom stereocenters. The first-order chi connectivity index (χ1) is 14.5. The number of amides is 2. The lowest BCUT2D eigenvalue weighted by atomic mass is 10.2. The molecule has 0 saturated carbocycles. The number of nitrogens with one attached hydrogen (secondary N) is 2. The summed E-state index contributed by atoms with van der Waals surface area (Å²) >= 11 is 0. The minimum absolute atomic E-state index is 0.0626. The summed E-state index contributed by atoms with van der Waals surface area (Å²) in [4.78, 5) is 24.7. The highest BCUT2D eigenvalue weighted by molar-refractivity contribution is 7.89. The van der Waals surface area contributed by atoms with Crippen molar-refractivity contribution in [2.45, 2.75) is 17.6 Å². The number of alkyl halides is 3. The van der Waals surface area contributed by atoms with Crippen molar-refractivity contribution < 1.29 is 35.9 Å². The first-order valence-electron chi connectivity index (χ1n) is 9.03. The Balaban J connectivity index is 1.63. The standard InChI is InChI=1S/C19H18F3N3O5S/c20-19(21,22)12-23-17(26)14-4-6-16(7-5-14)31(28,29)24-11-13-2-1-3-15(10-13)25-8-9-30-18(25)27/h1-7,10,24H,8-9,11-12H2,(H,23,26). The number of nitrogens with zero attached hydrogens (tertiary/aromatic N) is 1. The van der Waals surface area contributed by atoms with Crippen LogP contribution in [0.1, 0.15) is 15.9 Å². The van der Waals surface area contributed by atoms with Gasteiger partial charge in [-0.3, -0.25) is 9.69 Å². The molecular weight excluding hydrogens is 439 g/mol. The molecule has 0 aromatic heterocycles. The molecule has 166 valence electrons. The summed E-state index contributed by atoms with van der Waals surface area (Å²) in [7, 11) is -3.95. The Morgan fingerprint density at radius 2 is 1.84 bits per heavy atom. The minimum atomic E-state index is -4.55. The molecule has 8 nitrogen and oxygen atoms in total. The van der Waals surface area contributed by atoms with Crippen molar-refractivity contribution in [1.82, 2.24) is 10.0 Å². The van der Waals surface area contributed by atoms with Crippen molar-refractivity contribution in [3.63, 3.8) is 0 Å². The molecule has 1 aliphatic rings. The highest BCUT2D eigenvalue weighted by atomic mass is 32.2. The van der Waals surface area contributed by atoms with Crippen molar-refractivity contribution in [2.24, 2.45) is 0 Å². The van der Waals surface area contributed by atoms with E-state index >= 15 is 0 Å². The normalized spacial score (nSPS) is 14.4. The Kier molecular flexibility index (Phi) is 6.51. The highest BCUT2D eigenvalue weighted by Crippen LogP contribution is 2.20. The maximum Gasteiger partial charge on any atom is 0.414 e. The molecule has 1 heterocycles. The molecular formula is C19H18F3N3O5S. The molecule has 0 aliphatic carbocycles. The zero-order chi connectivity index (χ0) is 22.6. The number of benzene rings is 2. The summed E-state index contributed by atoms with van der Waals surface area (Å²) in [6.45, 7) is -0.870. The second-order valence-corrected chi connectivity index (χ2v) is 8.35. The molecule has 3 rings (SSSR count). The van der Waals surface area contributed by atoms with E-state index in [-0.39, 0.29) is 23.6 Å². The summed E-state index contributed by atoms with van der Waals surface area (Å²) < 4.78 is 68.8. The minimum Gasteiger partial charge on any atom is -0.447 e. The fourth-order valence-corrected chi connectivity index (χ4v) is 3.81. The Morgan fingerprint density at radius 3 is 2.45 bits per heavy atom. The number of hydrogen-bond donors (Lipinski definition) is 2. The number of anilines is 1. The van der Waals surface area contributed by atoms with Crippen molar-refractivity contribution in [1.29, 1.82) is 0 Å². The monoisotopic (exact) mass is 457 g/mol. The van der Waals surface area contributed by atoms with E-state index in [0.717, 1.165) is 24.3 Å². The second kappa shape index (κ2) is 8.94. The molecule has 0 bridgehead atoms. The van der Waals surface area contributed by atoms with Gasteiger partial charge in [-0.1, -0.05) is 12.1 Å². The van der Waals surface area contributed by atoms with Crippen LogP contribution in [0.4, 0.5) is 23.7 Å². The van der Waals surface area contributed by atoms with Crippen LogP contribution < -0.4 is 14.9 Å². The van der Waals surface area contributed by atoms with Crippen LogP contribution in [0, 0.1) is 0 Å². The topological polar surface area (TPSA) is 105 Å². The SMILES string of the molecule is O=C(NCC(F)(F)F)c1ccc(S(=O)(=O)NCc2cccc(N3CCOC3=O)c2)cc1. The van der Waals surface area contributed by atoms with Gasteiger partial charge >= 0.3 is 12.3 Å². The first-order valence-corrected chi connectivity index (χ1v) is 10.5. The number of ether oxygens (including phenoxy) is 1. The predicted molar refractivity (Wildman–Crippen MR) is 104 cm³/mol. The maximum absolute atomic E-state index is 12.5. The van der Waals surface area contributed by atoms with Gasteiger partial charge in [0.15, 0.2) is 0 Å². The number of halogens is 3. The molecule has 12 heteroatoms. The number of sulfonamides is 1. The van der Waals surface area contributed by atoms with Crippen LogP contribution in [0.2, 0.25) is 0 Å². The van der Waals surface area contributed by atoms with Crippen LogP contribution in [0.3, 0.4) is 0 Å². The summed E-state index contributed by atoms with van der Waals surface area (Å²) in [6, 6.07) is 11.2. The van der Waals surface area contributed by atoms with Crippen molar-refractivity contribution in [3.8, 4) is 0 Å². The van der Waals surface area contributed by atoms with Gasteiger partial charge in [0.2, 0.25) is 10.0 Å².